The average Bonchev–Trinajstić information content (AvgIpc) is 2.67. The van der Waals surface area contributed by atoms with Gasteiger partial charge in [-0.1, -0.05) is 42.5 Å². The smallest absolute Gasteiger partial charge is 0.203 e. The minimum Gasteiger partial charge on any atom is -0.257 e. The van der Waals surface area contributed by atoms with Gasteiger partial charge in [0.25, 0.3) is 0 Å². The first kappa shape index (κ1) is 15.0. The molecule has 0 radical (unpaired) electrons. The van der Waals surface area contributed by atoms with Gasteiger partial charge in [0, 0.05) is 17.3 Å². The van der Waals surface area contributed by atoms with Crippen LogP contribution in [0.5, 0.6) is 0 Å². The van der Waals surface area contributed by atoms with Crippen LogP contribution < -0.4 is 0 Å². The molecule has 0 unspecified atom stereocenters. The van der Waals surface area contributed by atoms with Gasteiger partial charge in [0.15, 0.2) is 5.69 Å². The van der Waals surface area contributed by atoms with Crippen LogP contribution in [0, 0.1) is 24.5 Å². The van der Waals surface area contributed by atoms with Gasteiger partial charge in [-0.05, 0) is 23.3 Å². The molecule has 1 aromatic heterocycles. The zero-order chi connectivity index (χ0) is 16.9. The SMILES string of the molecule is [C-]#[N+]c1cc(C#N)cc(-c2ccc(-c3ccccc3)cn2)c1[N+]#[C-]. The van der Waals surface area contributed by atoms with E-state index in [9.17, 15) is 0 Å². The van der Waals surface area contributed by atoms with Crippen molar-refractivity contribution in [3.63, 3.8) is 0 Å². The van der Waals surface area contributed by atoms with Crippen molar-refractivity contribution in [1.29, 1.82) is 5.26 Å². The summed E-state index contributed by atoms with van der Waals surface area (Å²) in [5, 5.41) is 9.13. The molecule has 0 saturated carbocycles. The molecule has 24 heavy (non-hydrogen) atoms. The first-order valence-electron chi connectivity index (χ1n) is 7.11. The van der Waals surface area contributed by atoms with Crippen LogP contribution in [0.1, 0.15) is 5.56 Å². The molecule has 4 heteroatoms. The molecule has 0 saturated heterocycles. The number of benzene rings is 2. The summed E-state index contributed by atoms with van der Waals surface area (Å²) >= 11 is 0. The second-order valence-corrected chi connectivity index (χ2v) is 5.03. The molecule has 1 heterocycles. The summed E-state index contributed by atoms with van der Waals surface area (Å²) in [4.78, 5) is 11.2. The van der Waals surface area contributed by atoms with E-state index in [2.05, 4.69) is 14.7 Å². The summed E-state index contributed by atoms with van der Waals surface area (Å²) < 4.78 is 0. The number of hydrogen-bond acceptors (Lipinski definition) is 2. The summed E-state index contributed by atoms with van der Waals surface area (Å²) in [6.45, 7) is 14.6. The molecule has 3 rings (SSSR count). The van der Waals surface area contributed by atoms with Gasteiger partial charge < -0.3 is 0 Å². The molecule has 0 amide bonds. The first-order chi connectivity index (χ1) is 11.8. The van der Waals surface area contributed by atoms with E-state index >= 15 is 0 Å². The maximum absolute atomic E-state index is 9.13. The third kappa shape index (κ3) is 2.71. The second kappa shape index (κ2) is 6.44. The topological polar surface area (TPSA) is 45.4 Å². The Bertz CT molecular complexity index is 1010. The zero-order valence-corrected chi connectivity index (χ0v) is 12.6. The van der Waals surface area contributed by atoms with Crippen molar-refractivity contribution in [1.82, 2.24) is 4.98 Å². The van der Waals surface area contributed by atoms with Crippen LogP contribution in [-0.4, -0.2) is 4.98 Å². The lowest BCUT2D eigenvalue weighted by atomic mass is 10.0. The summed E-state index contributed by atoms with van der Waals surface area (Å²) in [6.07, 6.45) is 1.73. The van der Waals surface area contributed by atoms with E-state index in [0.717, 1.165) is 11.1 Å². The van der Waals surface area contributed by atoms with Crippen molar-refractivity contribution in [3.05, 3.63) is 89.2 Å². The van der Waals surface area contributed by atoms with Gasteiger partial charge in [-0.3, -0.25) is 9.83 Å². The lowest BCUT2D eigenvalue weighted by Gasteiger charge is -2.08. The minimum absolute atomic E-state index is 0.174. The molecule has 110 valence electrons. The van der Waals surface area contributed by atoms with Gasteiger partial charge in [-0.15, -0.1) is 0 Å². The minimum atomic E-state index is 0.174. The first-order valence-corrected chi connectivity index (χ1v) is 7.11. The van der Waals surface area contributed by atoms with E-state index < -0.39 is 0 Å². The number of rotatable bonds is 2. The Hall–Kier alpha value is -3.94. The highest BCUT2D eigenvalue weighted by Gasteiger charge is 2.14. The third-order valence-corrected chi connectivity index (χ3v) is 3.60. The van der Waals surface area contributed by atoms with Gasteiger partial charge >= 0.3 is 0 Å². The Labute approximate surface area is 139 Å². The fourth-order valence-corrected chi connectivity index (χ4v) is 2.44. The van der Waals surface area contributed by atoms with Crippen molar-refractivity contribution in [2.75, 3.05) is 0 Å². The maximum Gasteiger partial charge on any atom is 0.203 e. The van der Waals surface area contributed by atoms with Crippen LogP contribution >= 0.6 is 0 Å². The fraction of sp³-hybridized carbons (Fsp3) is 0. The molecule has 0 aliphatic rings. The highest BCUT2D eigenvalue weighted by molar-refractivity contribution is 5.88. The highest BCUT2D eigenvalue weighted by Crippen LogP contribution is 2.39. The average molecular weight is 306 g/mol. The van der Waals surface area contributed by atoms with Gasteiger partial charge in [-0.2, -0.15) is 5.26 Å². The molecular formula is C20H10N4. The van der Waals surface area contributed by atoms with Gasteiger partial charge in [0.05, 0.1) is 24.9 Å². The van der Waals surface area contributed by atoms with E-state index in [1.54, 1.807) is 18.3 Å². The number of nitrogens with zero attached hydrogens (tertiary/aromatic N) is 4. The van der Waals surface area contributed by atoms with Crippen LogP contribution in [0.4, 0.5) is 11.4 Å². The second-order valence-electron chi connectivity index (χ2n) is 5.03. The lowest BCUT2D eigenvalue weighted by Crippen LogP contribution is -1.87. The Morgan fingerprint density at radius 3 is 2.29 bits per heavy atom. The molecule has 2 aromatic carbocycles. The summed E-state index contributed by atoms with van der Waals surface area (Å²) in [5.74, 6) is 0. The van der Waals surface area contributed by atoms with Crippen molar-refractivity contribution >= 4 is 11.4 Å². The van der Waals surface area contributed by atoms with Gasteiger partial charge in [0.1, 0.15) is 0 Å². The molecule has 4 nitrogen and oxygen atoms in total. The zero-order valence-electron chi connectivity index (χ0n) is 12.6. The number of aromatic nitrogens is 1. The molecule has 0 spiro atoms. The predicted molar refractivity (Wildman–Crippen MR) is 92.3 cm³/mol. The monoisotopic (exact) mass is 306 g/mol. The van der Waals surface area contributed by atoms with Crippen LogP contribution in [0.25, 0.3) is 32.1 Å². The van der Waals surface area contributed by atoms with Crippen LogP contribution in [0.3, 0.4) is 0 Å². The Morgan fingerprint density at radius 2 is 1.71 bits per heavy atom. The summed E-state index contributed by atoms with van der Waals surface area (Å²) in [7, 11) is 0. The normalized spacial score (nSPS) is 9.54. The predicted octanol–water partition coefficient (Wildman–Crippen LogP) is 5.39. The van der Waals surface area contributed by atoms with Crippen molar-refractivity contribution < 1.29 is 0 Å². The Kier molecular flexibility index (Phi) is 4.02. The standard InChI is InChI=1S/C20H10N4/c1-22-19-11-14(12-21)10-17(20(19)23-2)18-9-8-16(13-24-18)15-6-4-3-5-7-15/h3-11,13H. The van der Waals surface area contributed by atoms with Crippen molar-refractivity contribution in [3.8, 4) is 28.5 Å². The number of hydrogen-bond donors (Lipinski definition) is 0. The van der Waals surface area contributed by atoms with Crippen molar-refractivity contribution in [2.24, 2.45) is 0 Å². The fourth-order valence-electron chi connectivity index (χ4n) is 2.44. The molecule has 0 aliphatic carbocycles. The largest absolute Gasteiger partial charge is 0.257 e. The van der Waals surface area contributed by atoms with E-state index in [4.69, 9.17) is 18.4 Å². The molecular weight excluding hydrogens is 296 g/mol. The van der Waals surface area contributed by atoms with Crippen LogP contribution in [-0.2, 0) is 0 Å². The quantitative estimate of drug-likeness (QED) is 0.596. The van der Waals surface area contributed by atoms with Crippen LogP contribution in [0.2, 0.25) is 0 Å². The number of pyridine rings is 1. The maximum atomic E-state index is 9.13. The van der Waals surface area contributed by atoms with Crippen molar-refractivity contribution in [2.45, 2.75) is 0 Å². The highest BCUT2D eigenvalue weighted by atomic mass is 14.8. The molecule has 0 N–H and O–H groups in total. The Balaban J connectivity index is 2.12. The van der Waals surface area contributed by atoms with E-state index in [1.807, 2.05) is 42.5 Å². The summed E-state index contributed by atoms with van der Waals surface area (Å²) in [6, 6.07) is 18.6. The molecule has 0 bridgehead atoms. The summed E-state index contributed by atoms with van der Waals surface area (Å²) in [5.41, 5.74) is 3.84. The van der Waals surface area contributed by atoms with E-state index in [1.165, 1.54) is 6.07 Å². The van der Waals surface area contributed by atoms with Gasteiger partial charge in [-0.25, -0.2) is 4.85 Å². The van der Waals surface area contributed by atoms with Gasteiger partial charge in [0.2, 0.25) is 5.69 Å². The molecule has 0 fully saturated rings. The number of nitriles is 1. The van der Waals surface area contributed by atoms with E-state index in [0.29, 0.717) is 16.8 Å². The third-order valence-electron chi connectivity index (χ3n) is 3.60. The lowest BCUT2D eigenvalue weighted by molar-refractivity contribution is 1.33. The van der Waals surface area contributed by atoms with E-state index in [-0.39, 0.29) is 11.4 Å². The Morgan fingerprint density at radius 1 is 0.917 bits per heavy atom. The molecule has 0 atom stereocenters. The molecule has 0 aliphatic heterocycles. The molecule has 3 aromatic rings. The van der Waals surface area contributed by atoms with Crippen LogP contribution in [0.15, 0.2) is 60.8 Å².